The fourth-order valence-electron chi connectivity index (χ4n) is 7.61. The van der Waals surface area contributed by atoms with Gasteiger partial charge in [-0.25, -0.2) is 9.97 Å². The molecule has 0 radical (unpaired) electrons. The maximum atomic E-state index is 6.44. The van der Waals surface area contributed by atoms with Gasteiger partial charge in [0.2, 0.25) is 11.8 Å². The molecular weight excluding hydrogens is 681 g/mol. The van der Waals surface area contributed by atoms with Crippen molar-refractivity contribution >= 4 is 43.6 Å². The van der Waals surface area contributed by atoms with Crippen LogP contribution in [-0.2, 0) is 0 Å². The SMILES string of the molecule is c1cncc(-c2cccc(-n3c4ccccc4c4cc(-c5nnc(-c6ccc7c8ccccc8n(-c8cccc(-c9cccnc9)n8)c7c6)o5)ccc43)n2)c1. The number of hydrogen-bond acceptors (Lipinski definition) is 7. The van der Waals surface area contributed by atoms with E-state index in [1.54, 1.807) is 12.4 Å². The van der Waals surface area contributed by atoms with Gasteiger partial charge in [0, 0.05) is 68.6 Å². The summed E-state index contributed by atoms with van der Waals surface area (Å²) in [5.74, 6) is 2.51. The number of benzene rings is 4. The first-order valence-corrected chi connectivity index (χ1v) is 17.9. The monoisotopic (exact) mass is 708 g/mol. The van der Waals surface area contributed by atoms with Gasteiger partial charge >= 0.3 is 0 Å². The summed E-state index contributed by atoms with van der Waals surface area (Å²) in [5.41, 5.74) is 9.41. The third-order valence-corrected chi connectivity index (χ3v) is 10.1. The van der Waals surface area contributed by atoms with Gasteiger partial charge in [-0.15, -0.1) is 10.2 Å². The molecule has 0 spiro atoms. The standard InChI is InChI=1S/C46H28N8O/c1-3-15-39-33(11-1)35-21-19-30(26-42(35)54(39)44-18-6-14-38(50-44)32-10-8-24-48-28-32)46-52-51-45(55-46)29-20-22-41-36(25-29)34-12-2-4-16-40(34)53(41)43-17-5-13-37(49-43)31-9-7-23-47-27-31/h1-28H. The van der Waals surface area contributed by atoms with E-state index in [9.17, 15) is 0 Å². The lowest BCUT2D eigenvalue weighted by Gasteiger charge is -2.09. The van der Waals surface area contributed by atoms with Crippen molar-refractivity contribution in [3.63, 3.8) is 0 Å². The van der Waals surface area contributed by atoms with Gasteiger partial charge in [0.1, 0.15) is 11.6 Å². The number of rotatable bonds is 6. The minimum Gasteiger partial charge on any atom is -0.416 e. The highest BCUT2D eigenvalue weighted by molar-refractivity contribution is 6.11. The molecule has 4 aromatic carbocycles. The van der Waals surface area contributed by atoms with Crippen molar-refractivity contribution < 1.29 is 4.42 Å². The molecule has 0 atom stereocenters. The van der Waals surface area contributed by atoms with Gasteiger partial charge in [-0.1, -0.05) is 54.6 Å². The van der Waals surface area contributed by atoms with Gasteiger partial charge in [0.05, 0.1) is 33.5 Å². The molecular formula is C46H28N8O. The highest BCUT2D eigenvalue weighted by Crippen LogP contribution is 2.37. The number of para-hydroxylation sites is 2. The summed E-state index contributed by atoms with van der Waals surface area (Å²) in [6.07, 6.45) is 7.21. The molecule has 9 heteroatoms. The van der Waals surface area contributed by atoms with Crippen molar-refractivity contribution in [2.45, 2.75) is 0 Å². The Kier molecular flexibility index (Phi) is 6.96. The second-order valence-electron chi connectivity index (χ2n) is 13.3. The number of fused-ring (bicyclic) bond motifs is 6. The minimum absolute atomic E-state index is 0.435. The Labute approximate surface area is 313 Å². The van der Waals surface area contributed by atoms with Gasteiger partial charge in [-0.3, -0.25) is 19.1 Å². The molecule has 0 N–H and O–H groups in total. The van der Waals surface area contributed by atoms with Crippen molar-refractivity contribution in [3.05, 3.63) is 170 Å². The highest BCUT2D eigenvalue weighted by atomic mass is 16.4. The number of aromatic nitrogens is 8. The number of nitrogens with zero attached hydrogens (tertiary/aromatic N) is 8. The lowest BCUT2D eigenvalue weighted by Crippen LogP contribution is -1.98. The van der Waals surface area contributed by atoms with Crippen LogP contribution in [-0.4, -0.2) is 39.3 Å². The Morgan fingerprint density at radius 1 is 0.382 bits per heavy atom. The first kappa shape index (κ1) is 30.8. The molecule has 55 heavy (non-hydrogen) atoms. The minimum atomic E-state index is 0.435. The van der Waals surface area contributed by atoms with Crippen LogP contribution in [0.1, 0.15) is 0 Å². The summed E-state index contributed by atoms with van der Waals surface area (Å²) < 4.78 is 10.8. The average Bonchev–Trinajstić information content (AvgIpc) is 3.97. The predicted octanol–water partition coefficient (Wildman–Crippen LogP) is 10.5. The third-order valence-electron chi connectivity index (χ3n) is 10.1. The van der Waals surface area contributed by atoms with Gasteiger partial charge in [-0.2, -0.15) is 0 Å². The van der Waals surface area contributed by atoms with E-state index in [1.807, 2.05) is 85.2 Å². The molecule has 258 valence electrons. The van der Waals surface area contributed by atoms with Gasteiger partial charge < -0.3 is 4.42 Å². The Morgan fingerprint density at radius 2 is 0.909 bits per heavy atom. The summed E-state index contributed by atoms with van der Waals surface area (Å²) in [6.45, 7) is 0. The van der Waals surface area contributed by atoms with E-state index in [0.29, 0.717) is 11.8 Å². The van der Waals surface area contributed by atoms with Gasteiger partial charge in [0.15, 0.2) is 0 Å². The van der Waals surface area contributed by atoms with Gasteiger partial charge in [-0.05, 0) is 91.0 Å². The largest absolute Gasteiger partial charge is 0.416 e. The smallest absolute Gasteiger partial charge is 0.248 e. The summed E-state index contributed by atoms with van der Waals surface area (Å²) >= 11 is 0. The zero-order valence-electron chi connectivity index (χ0n) is 29.2. The van der Waals surface area contributed by atoms with Crippen LogP contribution in [0.5, 0.6) is 0 Å². The van der Waals surface area contributed by atoms with Crippen molar-refractivity contribution in [1.82, 2.24) is 39.3 Å². The zero-order chi connectivity index (χ0) is 36.3. The molecule has 0 saturated heterocycles. The summed E-state index contributed by atoms with van der Waals surface area (Å²) in [4.78, 5) is 18.7. The van der Waals surface area contributed by atoms with Gasteiger partial charge in [0.25, 0.3) is 0 Å². The van der Waals surface area contributed by atoms with Crippen molar-refractivity contribution in [3.8, 4) is 57.1 Å². The Balaban J connectivity index is 1.00. The Bertz CT molecular complexity index is 3220. The van der Waals surface area contributed by atoms with Crippen LogP contribution in [0.2, 0.25) is 0 Å². The average molecular weight is 709 g/mol. The van der Waals surface area contributed by atoms with E-state index < -0.39 is 0 Å². The van der Waals surface area contributed by atoms with E-state index in [-0.39, 0.29) is 0 Å². The van der Waals surface area contributed by atoms with E-state index in [4.69, 9.17) is 14.4 Å². The number of pyridine rings is 4. The lowest BCUT2D eigenvalue weighted by atomic mass is 10.1. The van der Waals surface area contributed by atoms with E-state index in [2.05, 4.69) is 102 Å². The number of hydrogen-bond donors (Lipinski definition) is 0. The molecule has 0 aliphatic rings. The molecule has 0 unspecified atom stereocenters. The van der Waals surface area contributed by atoms with Crippen LogP contribution >= 0.6 is 0 Å². The molecule has 0 saturated carbocycles. The Morgan fingerprint density at radius 3 is 1.53 bits per heavy atom. The summed E-state index contributed by atoms with van der Waals surface area (Å²) in [7, 11) is 0. The molecule has 0 amide bonds. The second kappa shape index (κ2) is 12.4. The molecule has 0 fully saturated rings. The van der Waals surface area contributed by atoms with Crippen LogP contribution in [0.3, 0.4) is 0 Å². The first-order valence-electron chi connectivity index (χ1n) is 17.9. The molecule has 11 rings (SSSR count). The molecule has 9 nitrogen and oxygen atoms in total. The fourth-order valence-corrected chi connectivity index (χ4v) is 7.61. The lowest BCUT2D eigenvalue weighted by molar-refractivity contribution is 0.585. The van der Waals surface area contributed by atoms with Crippen molar-refractivity contribution in [2.75, 3.05) is 0 Å². The van der Waals surface area contributed by atoms with Crippen molar-refractivity contribution in [2.24, 2.45) is 0 Å². The van der Waals surface area contributed by atoms with E-state index in [0.717, 1.165) is 88.9 Å². The predicted molar refractivity (Wildman–Crippen MR) is 216 cm³/mol. The quantitative estimate of drug-likeness (QED) is 0.169. The first-order chi connectivity index (χ1) is 27.3. The van der Waals surface area contributed by atoms with Crippen LogP contribution in [0.15, 0.2) is 175 Å². The van der Waals surface area contributed by atoms with Crippen LogP contribution < -0.4 is 0 Å². The third kappa shape index (κ3) is 5.09. The van der Waals surface area contributed by atoms with Crippen LogP contribution in [0.25, 0.3) is 101 Å². The highest BCUT2D eigenvalue weighted by Gasteiger charge is 2.19. The van der Waals surface area contributed by atoms with E-state index >= 15 is 0 Å². The second-order valence-corrected chi connectivity index (χ2v) is 13.3. The molecule has 11 aromatic rings. The normalized spacial score (nSPS) is 11.6. The van der Waals surface area contributed by atoms with Crippen LogP contribution in [0, 0.1) is 0 Å². The molecule has 0 bridgehead atoms. The topological polar surface area (TPSA) is 100 Å². The van der Waals surface area contributed by atoms with Crippen LogP contribution in [0.4, 0.5) is 0 Å². The Hall–Kier alpha value is -7.78. The summed E-state index contributed by atoms with van der Waals surface area (Å²) in [5, 5.41) is 13.5. The van der Waals surface area contributed by atoms with Crippen molar-refractivity contribution in [1.29, 1.82) is 0 Å². The molecule has 7 heterocycles. The fraction of sp³-hybridized carbons (Fsp3) is 0. The molecule has 0 aliphatic heterocycles. The molecule has 7 aromatic heterocycles. The maximum absolute atomic E-state index is 6.44. The zero-order valence-corrected chi connectivity index (χ0v) is 29.2. The maximum Gasteiger partial charge on any atom is 0.248 e. The molecule has 0 aliphatic carbocycles. The summed E-state index contributed by atoms with van der Waals surface area (Å²) in [6, 6.07) is 49.3. The van der Waals surface area contributed by atoms with E-state index in [1.165, 1.54) is 0 Å².